The molecule has 1 amide bonds. The Morgan fingerprint density at radius 3 is 2.28 bits per heavy atom. The van der Waals surface area contributed by atoms with Gasteiger partial charge in [-0.3, -0.25) is 9.10 Å². The number of hydrogen-bond acceptors (Lipinski definition) is 4. The van der Waals surface area contributed by atoms with Gasteiger partial charge < -0.3 is 10.1 Å². The molecule has 7 heteroatoms. The maximum absolute atomic E-state index is 13.7. The van der Waals surface area contributed by atoms with E-state index >= 15 is 0 Å². The molecule has 32 heavy (non-hydrogen) atoms. The Hall–Kier alpha value is -3.16. The second kappa shape index (κ2) is 9.97. The maximum Gasteiger partial charge on any atom is 0.264 e. The van der Waals surface area contributed by atoms with Crippen molar-refractivity contribution in [1.29, 1.82) is 0 Å². The highest BCUT2D eigenvalue weighted by Gasteiger charge is 2.28. The molecule has 1 unspecified atom stereocenters. The normalized spacial score (nSPS) is 15.9. The van der Waals surface area contributed by atoms with Crippen LogP contribution < -0.4 is 9.62 Å². The van der Waals surface area contributed by atoms with Gasteiger partial charge in [0.2, 0.25) is 0 Å². The van der Waals surface area contributed by atoms with E-state index in [1.165, 1.54) is 4.31 Å². The number of benzene rings is 3. The average molecular weight is 451 g/mol. The number of rotatable bonds is 8. The summed E-state index contributed by atoms with van der Waals surface area (Å²) < 4.78 is 34.2. The van der Waals surface area contributed by atoms with Crippen LogP contribution in [0.15, 0.2) is 89.8 Å². The van der Waals surface area contributed by atoms with E-state index in [0.29, 0.717) is 24.4 Å². The van der Waals surface area contributed by atoms with Gasteiger partial charge in [-0.1, -0.05) is 60.7 Å². The van der Waals surface area contributed by atoms with Gasteiger partial charge in [-0.05, 0) is 42.7 Å². The molecule has 0 spiro atoms. The number of sulfonamides is 1. The van der Waals surface area contributed by atoms with E-state index in [-0.39, 0.29) is 23.5 Å². The van der Waals surface area contributed by atoms with Gasteiger partial charge >= 0.3 is 0 Å². The monoisotopic (exact) mass is 450 g/mol. The summed E-state index contributed by atoms with van der Waals surface area (Å²) in [4.78, 5) is 13.2. The average Bonchev–Trinajstić information content (AvgIpc) is 3.36. The number of nitrogens with zero attached hydrogens (tertiary/aromatic N) is 1. The molecule has 1 fully saturated rings. The summed E-state index contributed by atoms with van der Waals surface area (Å²) >= 11 is 0. The molecule has 1 aliphatic rings. The molecule has 1 heterocycles. The lowest BCUT2D eigenvalue weighted by Crippen LogP contribution is -2.35. The molecule has 1 N–H and O–H groups in total. The highest BCUT2D eigenvalue weighted by molar-refractivity contribution is 7.92. The van der Waals surface area contributed by atoms with Gasteiger partial charge in [-0.25, -0.2) is 8.42 Å². The Kier molecular flexibility index (Phi) is 6.87. The lowest BCUT2D eigenvalue weighted by atomic mass is 10.1. The molecule has 1 saturated heterocycles. The molecule has 4 rings (SSSR count). The third kappa shape index (κ3) is 5.00. The summed E-state index contributed by atoms with van der Waals surface area (Å²) in [5, 5.41) is 2.91. The van der Waals surface area contributed by atoms with Crippen molar-refractivity contribution < 1.29 is 17.9 Å². The van der Waals surface area contributed by atoms with E-state index in [4.69, 9.17) is 4.74 Å². The summed E-state index contributed by atoms with van der Waals surface area (Å²) in [6.07, 6.45) is 1.89. The molecular weight excluding hydrogens is 424 g/mol. The molecule has 1 aliphatic heterocycles. The van der Waals surface area contributed by atoms with Crippen molar-refractivity contribution in [3.05, 3.63) is 96.1 Å². The van der Waals surface area contributed by atoms with Crippen molar-refractivity contribution in [2.45, 2.75) is 30.4 Å². The zero-order valence-corrected chi connectivity index (χ0v) is 18.5. The van der Waals surface area contributed by atoms with E-state index < -0.39 is 10.0 Å². The van der Waals surface area contributed by atoms with Crippen molar-refractivity contribution in [2.75, 3.05) is 17.5 Å². The number of carbonyl (C=O) groups is 1. The van der Waals surface area contributed by atoms with Crippen molar-refractivity contribution in [2.24, 2.45) is 0 Å². The van der Waals surface area contributed by atoms with E-state index in [1.54, 1.807) is 54.6 Å². The Labute approximate surface area is 188 Å². The van der Waals surface area contributed by atoms with Crippen LogP contribution >= 0.6 is 0 Å². The van der Waals surface area contributed by atoms with Crippen LogP contribution in [0, 0.1) is 0 Å². The standard InChI is InChI=1S/C25H26N2O4S/c28-25(26-18-21-12-9-17-31-21)23-15-7-8-16-24(23)27(19-20-10-3-1-4-11-20)32(29,30)22-13-5-2-6-14-22/h1-8,10-11,13-16,21H,9,12,17-19H2,(H,26,28). The molecular formula is C25H26N2O4S. The van der Waals surface area contributed by atoms with E-state index in [1.807, 2.05) is 30.3 Å². The molecule has 3 aromatic rings. The topological polar surface area (TPSA) is 75.7 Å². The van der Waals surface area contributed by atoms with Crippen LogP contribution in [-0.2, 0) is 21.3 Å². The van der Waals surface area contributed by atoms with Crippen molar-refractivity contribution in [3.63, 3.8) is 0 Å². The molecule has 0 radical (unpaired) electrons. The number of amides is 1. The fraction of sp³-hybridized carbons (Fsp3) is 0.240. The summed E-state index contributed by atoms with van der Waals surface area (Å²) in [7, 11) is -3.91. The largest absolute Gasteiger partial charge is 0.376 e. The quantitative estimate of drug-likeness (QED) is 0.563. The van der Waals surface area contributed by atoms with Gasteiger partial charge in [-0.15, -0.1) is 0 Å². The first-order valence-corrected chi connectivity index (χ1v) is 12.1. The first-order valence-electron chi connectivity index (χ1n) is 10.7. The van der Waals surface area contributed by atoms with Gasteiger partial charge in [0.1, 0.15) is 0 Å². The number of carbonyl (C=O) groups excluding carboxylic acids is 1. The van der Waals surface area contributed by atoms with E-state index in [2.05, 4.69) is 5.32 Å². The predicted molar refractivity (Wildman–Crippen MR) is 124 cm³/mol. The number of nitrogens with one attached hydrogen (secondary N) is 1. The van der Waals surface area contributed by atoms with Crippen molar-refractivity contribution in [1.82, 2.24) is 5.32 Å². The molecule has 0 bridgehead atoms. The zero-order valence-electron chi connectivity index (χ0n) is 17.7. The van der Waals surface area contributed by atoms with Gasteiger partial charge in [0.15, 0.2) is 0 Å². The van der Waals surface area contributed by atoms with Crippen LogP contribution in [0.5, 0.6) is 0 Å². The minimum atomic E-state index is -3.91. The molecule has 0 aromatic heterocycles. The van der Waals surface area contributed by atoms with Gasteiger partial charge in [-0.2, -0.15) is 0 Å². The van der Waals surface area contributed by atoms with Crippen LogP contribution in [0.4, 0.5) is 5.69 Å². The second-order valence-electron chi connectivity index (χ2n) is 7.67. The van der Waals surface area contributed by atoms with Crippen molar-refractivity contribution >= 4 is 21.6 Å². The zero-order chi connectivity index (χ0) is 22.4. The molecule has 0 saturated carbocycles. The third-order valence-corrected chi connectivity index (χ3v) is 7.21. The molecule has 6 nitrogen and oxygen atoms in total. The molecule has 3 aromatic carbocycles. The Morgan fingerprint density at radius 1 is 0.938 bits per heavy atom. The first kappa shape index (κ1) is 22.0. The predicted octanol–water partition coefficient (Wildman–Crippen LogP) is 3.99. The third-order valence-electron chi connectivity index (χ3n) is 5.43. The highest BCUT2D eigenvalue weighted by Crippen LogP contribution is 2.29. The van der Waals surface area contributed by atoms with E-state index in [9.17, 15) is 13.2 Å². The number of hydrogen-bond donors (Lipinski definition) is 1. The molecule has 0 aliphatic carbocycles. The van der Waals surface area contributed by atoms with Crippen LogP contribution in [0.2, 0.25) is 0 Å². The number of para-hydroxylation sites is 1. The first-order chi connectivity index (χ1) is 15.6. The fourth-order valence-corrected chi connectivity index (χ4v) is 5.25. The minimum absolute atomic E-state index is 0.000384. The number of ether oxygens (including phenoxy) is 1. The second-order valence-corrected chi connectivity index (χ2v) is 9.53. The van der Waals surface area contributed by atoms with Crippen LogP contribution in [0.25, 0.3) is 0 Å². The summed E-state index contributed by atoms with van der Waals surface area (Å²) in [6.45, 7) is 1.21. The van der Waals surface area contributed by atoms with Gasteiger partial charge in [0.05, 0.1) is 28.8 Å². The SMILES string of the molecule is O=C(NCC1CCCO1)c1ccccc1N(Cc1ccccc1)S(=O)(=O)c1ccccc1. The minimum Gasteiger partial charge on any atom is -0.376 e. The van der Waals surface area contributed by atoms with Gasteiger partial charge in [0.25, 0.3) is 15.9 Å². The molecule has 166 valence electrons. The van der Waals surface area contributed by atoms with Gasteiger partial charge in [0, 0.05) is 13.2 Å². The number of anilines is 1. The van der Waals surface area contributed by atoms with E-state index in [0.717, 1.165) is 18.4 Å². The Balaban J connectivity index is 1.70. The highest BCUT2D eigenvalue weighted by atomic mass is 32.2. The van der Waals surface area contributed by atoms with Crippen LogP contribution in [-0.4, -0.2) is 33.6 Å². The smallest absolute Gasteiger partial charge is 0.264 e. The lowest BCUT2D eigenvalue weighted by molar-refractivity contribution is 0.0858. The van der Waals surface area contributed by atoms with Crippen LogP contribution in [0.3, 0.4) is 0 Å². The summed E-state index contributed by atoms with van der Waals surface area (Å²) in [6, 6.07) is 24.4. The van der Waals surface area contributed by atoms with Crippen LogP contribution in [0.1, 0.15) is 28.8 Å². The fourth-order valence-electron chi connectivity index (χ4n) is 3.76. The maximum atomic E-state index is 13.7. The Morgan fingerprint density at radius 2 is 1.59 bits per heavy atom. The summed E-state index contributed by atoms with van der Waals surface area (Å²) in [5.41, 5.74) is 1.47. The van der Waals surface area contributed by atoms with Crippen molar-refractivity contribution in [3.8, 4) is 0 Å². The summed E-state index contributed by atoms with van der Waals surface area (Å²) in [5.74, 6) is -0.322. The lowest BCUT2D eigenvalue weighted by Gasteiger charge is -2.27. The molecule has 1 atom stereocenters. The Bertz CT molecular complexity index is 1140.